The van der Waals surface area contributed by atoms with E-state index < -0.39 is 6.09 Å². The summed E-state index contributed by atoms with van der Waals surface area (Å²) in [6, 6.07) is 9.05. The van der Waals surface area contributed by atoms with Crippen LogP contribution in [0.5, 0.6) is 0 Å². The first kappa shape index (κ1) is 12.2. The molecule has 0 fully saturated rings. The van der Waals surface area contributed by atoms with Gasteiger partial charge in [-0.25, -0.2) is 9.78 Å². The van der Waals surface area contributed by atoms with Crippen LogP contribution in [0.15, 0.2) is 28.7 Å². The summed E-state index contributed by atoms with van der Waals surface area (Å²) in [5.41, 5.74) is 1.90. The first-order valence-electron chi connectivity index (χ1n) is 6.14. The Labute approximate surface area is 114 Å². The van der Waals surface area contributed by atoms with Gasteiger partial charge in [-0.3, -0.25) is 0 Å². The molecule has 20 heavy (non-hydrogen) atoms. The van der Waals surface area contributed by atoms with Gasteiger partial charge in [0.1, 0.15) is 11.5 Å². The highest BCUT2D eigenvalue weighted by atomic mass is 16.4. The van der Waals surface area contributed by atoms with Gasteiger partial charge in [0.2, 0.25) is 5.89 Å². The number of nitrogens with zero attached hydrogens (tertiary/aromatic N) is 3. The predicted octanol–water partition coefficient (Wildman–Crippen LogP) is 2.25. The van der Waals surface area contributed by atoms with Crippen molar-refractivity contribution in [3.05, 3.63) is 41.3 Å². The summed E-state index contributed by atoms with van der Waals surface area (Å²) in [5, 5.41) is 17.9. The zero-order chi connectivity index (χ0) is 14.1. The third kappa shape index (κ3) is 2.10. The van der Waals surface area contributed by atoms with Crippen molar-refractivity contribution < 1.29 is 14.3 Å². The Morgan fingerprint density at radius 1 is 1.50 bits per heavy atom. The summed E-state index contributed by atoms with van der Waals surface area (Å²) in [6.45, 7) is 0.654. The lowest BCUT2D eigenvalue weighted by molar-refractivity contribution is 0.137. The number of nitriles is 1. The summed E-state index contributed by atoms with van der Waals surface area (Å²) in [5.74, 6) is 1.15. The Balaban J connectivity index is 1.94. The van der Waals surface area contributed by atoms with Crippen molar-refractivity contribution in [1.82, 2.24) is 9.88 Å². The standard InChI is InChI=1S/C14H11N3O3/c15-7-9-2-1-3-10(6-9)13-16-11-8-17(14(18)19)5-4-12(11)20-13/h1-3,6H,4-5,8H2,(H,18,19). The first-order chi connectivity index (χ1) is 9.67. The van der Waals surface area contributed by atoms with E-state index in [0.29, 0.717) is 30.1 Å². The monoisotopic (exact) mass is 269 g/mol. The molecule has 2 heterocycles. The first-order valence-corrected chi connectivity index (χ1v) is 6.14. The van der Waals surface area contributed by atoms with E-state index in [0.717, 1.165) is 11.3 Å². The van der Waals surface area contributed by atoms with Crippen LogP contribution in [0.25, 0.3) is 11.5 Å². The molecule has 0 saturated carbocycles. The molecule has 0 unspecified atom stereocenters. The zero-order valence-electron chi connectivity index (χ0n) is 10.5. The van der Waals surface area contributed by atoms with Crippen LogP contribution in [-0.4, -0.2) is 27.6 Å². The second-order valence-corrected chi connectivity index (χ2v) is 4.54. The van der Waals surface area contributed by atoms with E-state index in [-0.39, 0.29) is 6.54 Å². The van der Waals surface area contributed by atoms with Crippen molar-refractivity contribution >= 4 is 6.09 Å². The summed E-state index contributed by atoms with van der Waals surface area (Å²) in [4.78, 5) is 16.6. The van der Waals surface area contributed by atoms with E-state index in [2.05, 4.69) is 11.1 Å². The second kappa shape index (κ2) is 4.70. The fraction of sp³-hybridized carbons (Fsp3) is 0.214. The molecule has 100 valence electrons. The maximum absolute atomic E-state index is 11.0. The van der Waals surface area contributed by atoms with Crippen LogP contribution in [0.3, 0.4) is 0 Å². The van der Waals surface area contributed by atoms with Gasteiger partial charge in [-0.15, -0.1) is 0 Å². The minimum Gasteiger partial charge on any atom is -0.465 e. The molecule has 2 aromatic rings. The Kier molecular flexibility index (Phi) is 2.88. The quantitative estimate of drug-likeness (QED) is 0.857. The van der Waals surface area contributed by atoms with Gasteiger partial charge in [0.05, 0.1) is 18.2 Å². The fourth-order valence-corrected chi connectivity index (χ4v) is 2.21. The number of hydrogen-bond donors (Lipinski definition) is 1. The summed E-state index contributed by atoms with van der Waals surface area (Å²) < 4.78 is 5.68. The molecule has 1 amide bonds. The van der Waals surface area contributed by atoms with Crippen LogP contribution in [0.2, 0.25) is 0 Å². The molecule has 0 bridgehead atoms. The number of carboxylic acid groups (broad SMARTS) is 1. The molecule has 6 heteroatoms. The molecule has 1 N–H and O–H groups in total. The molecule has 1 aliphatic rings. The van der Waals surface area contributed by atoms with Gasteiger partial charge in [-0.05, 0) is 18.2 Å². The van der Waals surface area contributed by atoms with Gasteiger partial charge >= 0.3 is 6.09 Å². The molecule has 0 atom stereocenters. The largest absolute Gasteiger partial charge is 0.465 e. The zero-order valence-corrected chi connectivity index (χ0v) is 10.5. The Morgan fingerprint density at radius 3 is 3.10 bits per heavy atom. The number of fused-ring (bicyclic) bond motifs is 1. The SMILES string of the molecule is N#Cc1cccc(-c2nc3c(o2)CCN(C(=O)O)C3)c1. The van der Waals surface area contributed by atoms with Crippen LogP contribution >= 0.6 is 0 Å². The normalized spacial score (nSPS) is 13.7. The van der Waals surface area contributed by atoms with E-state index >= 15 is 0 Å². The number of oxazole rings is 1. The van der Waals surface area contributed by atoms with E-state index in [9.17, 15) is 4.79 Å². The predicted molar refractivity (Wildman–Crippen MR) is 68.8 cm³/mol. The maximum atomic E-state index is 11.0. The molecule has 1 aromatic carbocycles. The summed E-state index contributed by atoms with van der Waals surface area (Å²) in [6.07, 6.45) is -0.432. The maximum Gasteiger partial charge on any atom is 0.407 e. The van der Waals surface area contributed by atoms with Gasteiger partial charge in [0.25, 0.3) is 0 Å². The Hall–Kier alpha value is -2.81. The number of carbonyl (C=O) groups is 1. The lowest BCUT2D eigenvalue weighted by Crippen LogP contribution is -2.34. The smallest absolute Gasteiger partial charge is 0.407 e. The molecule has 3 rings (SSSR count). The van der Waals surface area contributed by atoms with Crippen LogP contribution < -0.4 is 0 Å². The van der Waals surface area contributed by atoms with Gasteiger partial charge in [0.15, 0.2) is 0 Å². The molecular formula is C14H11N3O3. The lowest BCUT2D eigenvalue weighted by Gasteiger charge is -2.21. The van der Waals surface area contributed by atoms with E-state index in [1.807, 2.05) is 6.07 Å². The average Bonchev–Trinajstić information content (AvgIpc) is 2.90. The van der Waals surface area contributed by atoms with Crippen molar-refractivity contribution in [2.75, 3.05) is 6.54 Å². The molecule has 0 saturated heterocycles. The Bertz CT molecular complexity index is 715. The topological polar surface area (TPSA) is 90.4 Å². The van der Waals surface area contributed by atoms with Crippen molar-refractivity contribution in [1.29, 1.82) is 5.26 Å². The number of aromatic nitrogens is 1. The van der Waals surface area contributed by atoms with Crippen LogP contribution in [0, 0.1) is 11.3 Å². The lowest BCUT2D eigenvalue weighted by atomic mass is 10.1. The van der Waals surface area contributed by atoms with Crippen LogP contribution in [0.1, 0.15) is 17.0 Å². The number of benzene rings is 1. The molecule has 1 aromatic heterocycles. The Morgan fingerprint density at radius 2 is 2.35 bits per heavy atom. The third-order valence-electron chi connectivity index (χ3n) is 3.24. The number of rotatable bonds is 1. The highest BCUT2D eigenvalue weighted by Gasteiger charge is 2.25. The van der Waals surface area contributed by atoms with Crippen molar-refractivity contribution in [2.45, 2.75) is 13.0 Å². The van der Waals surface area contributed by atoms with Gasteiger partial charge in [0, 0.05) is 18.5 Å². The molecule has 0 aliphatic carbocycles. The van der Waals surface area contributed by atoms with E-state index in [4.69, 9.17) is 14.8 Å². The van der Waals surface area contributed by atoms with E-state index in [1.165, 1.54) is 4.90 Å². The second-order valence-electron chi connectivity index (χ2n) is 4.54. The summed E-state index contributed by atoms with van der Waals surface area (Å²) in [7, 11) is 0. The van der Waals surface area contributed by atoms with Crippen LogP contribution in [-0.2, 0) is 13.0 Å². The number of hydrogen-bond acceptors (Lipinski definition) is 4. The average molecular weight is 269 g/mol. The van der Waals surface area contributed by atoms with Crippen molar-refractivity contribution in [2.24, 2.45) is 0 Å². The molecule has 6 nitrogen and oxygen atoms in total. The minimum atomic E-state index is -0.952. The van der Waals surface area contributed by atoms with Gasteiger partial charge in [-0.2, -0.15) is 5.26 Å². The number of amides is 1. The minimum absolute atomic E-state index is 0.242. The molecule has 0 radical (unpaired) electrons. The summed E-state index contributed by atoms with van der Waals surface area (Å²) >= 11 is 0. The highest BCUT2D eigenvalue weighted by Crippen LogP contribution is 2.26. The highest BCUT2D eigenvalue weighted by molar-refractivity contribution is 5.65. The van der Waals surface area contributed by atoms with Crippen molar-refractivity contribution in [3.63, 3.8) is 0 Å². The molecule has 1 aliphatic heterocycles. The fourth-order valence-electron chi connectivity index (χ4n) is 2.21. The molecule has 0 spiro atoms. The van der Waals surface area contributed by atoms with E-state index in [1.54, 1.807) is 18.2 Å². The van der Waals surface area contributed by atoms with Crippen molar-refractivity contribution in [3.8, 4) is 17.5 Å². The third-order valence-corrected chi connectivity index (χ3v) is 3.24. The van der Waals surface area contributed by atoms with Gasteiger partial charge in [-0.1, -0.05) is 6.07 Å². The van der Waals surface area contributed by atoms with Crippen LogP contribution in [0.4, 0.5) is 4.79 Å². The molecular weight excluding hydrogens is 258 g/mol. The van der Waals surface area contributed by atoms with Gasteiger partial charge < -0.3 is 14.4 Å².